The molecule has 0 aliphatic carbocycles. The molecule has 0 aliphatic heterocycles. The van der Waals surface area contributed by atoms with Gasteiger partial charge in [-0.25, -0.2) is 8.42 Å². The monoisotopic (exact) mass is 470 g/mol. The van der Waals surface area contributed by atoms with E-state index in [0.29, 0.717) is 28.2 Å². The molecule has 30 heavy (non-hydrogen) atoms. The van der Waals surface area contributed by atoms with Crippen molar-refractivity contribution in [2.75, 3.05) is 17.4 Å². The zero-order chi connectivity index (χ0) is 22.1. The van der Waals surface area contributed by atoms with E-state index < -0.39 is 10.0 Å². The first kappa shape index (κ1) is 24.5. The van der Waals surface area contributed by atoms with Gasteiger partial charge in [-0.05, 0) is 54.8 Å². The van der Waals surface area contributed by atoms with Gasteiger partial charge in [-0.3, -0.25) is 9.10 Å². The number of unbranched alkanes of at least 4 members (excludes halogenated alkanes) is 1. The van der Waals surface area contributed by atoms with E-state index >= 15 is 0 Å². The number of hydrogen-bond donors (Lipinski definition) is 1. The number of nitrogens with zero attached hydrogens (tertiary/aromatic N) is 1. The number of benzene rings is 2. The molecule has 8 heteroatoms. The summed E-state index contributed by atoms with van der Waals surface area (Å²) in [7, 11) is -3.99. The number of halogens is 2. The highest BCUT2D eigenvalue weighted by Gasteiger charge is 2.27. The van der Waals surface area contributed by atoms with Crippen molar-refractivity contribution in [2.45, 2.75) is 44.4 Å². The Bertz CT molecular complexity index is 934. The highest BCUT2D eigenvalue weighted by Crippen LogP contribution is 2.26. The maximum atomic E-state index is 13.3. The molecule has 1 N–H and O–H groups in total. The lowest BCUT2D eigenvalue weighted by molar-refractivity contribution is -0.119. The van der Waals surface area contributed by atoms with Crippen LogP contribution in [0.15, 0.2) is 53.4 Å². The van der Waals surface area contributed by atoms with Crippen molar-refractivity contribution < 1.29 is 13.2 Å². The summed E-state index contributed by atoms with van der Waals surface area (Å²) in [4.78, 5) is 12.7. The zero-order valence-corrected chi connectivity index (χ0v) is 19.6. The van der Waals surface area contributed by atoms with Crippen LogP contribution < -0.4 is 9.62 Å². The van der Waals surface area contributed by atoms with Gasteiger partial charge in [-0.1, -0.05) is 62.4 Å². The molecule has 0 aliphatic rings. The molecule has 2 rings (SSSR count). The topological polar surface area (TPSA) is 66.5 Å². The average molecular weight is 471 g/mol. The van der Waals surface area contributed by atoms with Crippen LogP contribution in [0.5, 0.6) is 0 Å². The molecule has 1 atom stereocenters. The molecule has 0 bridgehead atoms. The molecule has 1 amide bonds. The lowest BCUT2D eigenvalue weighted by Crippen LogP contribution is -2.42. The third-order valence-electron chi connectivity index (χ3n) is 4.92. The van der Waals surface area contributed by atoms with Crippen molar-refractivity contribution >= 4 is 44.8 Å². The van der Waals surface area contributed by atoms with Gasteiger partial charge in [-0.15, -0.1) is 0 Å². The Hall–Kier alpha value is -1.76. The van der Waals surface area contributed by atoms with Crippen LogP contribution in [0.2, 0.25) is 10.0 Å². The summed E-state index contributed by atoms with van der Waals surface area (Å²) < 4.78 is 27.6. The Morgan fingerprint density at radius 1 is 1.07 bits per heavy atom. The third kappa shape index (κ3) is 6.89. The van der Waals surface area contributed by atoms with E-state index in [1.165, 1.54) is 30.3 Å². The summed E-state index contributed by atoms with van der Waals surface area (Å²) >= 11 is 12.0. The number of nitrogens with one attached hydrogen (secondary N) is 1. The molecule has 0 fully saturated rings. The van der Waals surface area contributed by atoms with Crippen molar-refractivity contribution in [1.29, 1.82) is 0 Å². The minimum atomic E-state index is -3.99. The van der Waals surface area contributed by atoms with Crippen molar-refractivity contribution in [3.63, 3.8) is 0 Å². The van der Waals surface area contributed by atoms with Crippen LogP contribution in [0.4, 0.5) is 5.69 Å². The van der Waals surface area contributed by atoms with E-state index in [1.807, 2.05) is 0 Å². The second-order valence-corrected chi connectivity index (χ2v) is 9.90. The van der Waals surface area contributed by atoms with Crippen molar-refractivity contribution in [3.05, 3.63) is 58.6 Å². The molecule has 5 nitrogen and oxygen atoms in total. The van der Waals surface area contributed by atoms with Gasteiger partial charge in [0.05, 0.1) is 10.6 Å². The van der Waals surface area contributed by atoms with Gasteiger partial charge in [-0.2, -0.15) is 0 Å². The Morgan fingerprint density at radius 3 is 2.37 bits per heavy atom. The number of hydrogen-bond acceptors (Lipinski definition) is 3. The van der Waals surface area contributed by atoms with Crippen LogP contribution >= 0.6 is 23.2 Å². The number of rotatable bonds is 11. The van der Waals surface area contributed by atoms with E-state index in [-0.39, 0.29) is 17.3 Å². The predicted molar refractivity (Wildman–Crippen MR) is 124 cm³/mol. The van der Waals surface area contributed by atoms with Crippen LogP contribution in [0.1, 0.15) is 39.5 Å². The summed E-state index contributed by atoms with van der Waals surface area (Å²) in [6, 6.07) is 12.3. The molecular weight excluding hydrogens is 443 g/mol. The van der Waals surface area contributed by atoms with E-state index in [9.17, 15) is 13.2 Å². The second-order valence-electron chi connectivity index (χ2n) is 7.17. The number of carbonyl (C=O) groups is 1. The van der Waals surface area contributed by atoms with Gasteiger partial charge < -0.3 is 5.32 Å². The maximum Gasteiger partial charge on any atom is 0.264 e. The lowest BCUT2D eigenvalue weighted by Gasteiger charge is -2.25. The molecule has 0 spiro atoms. The normalized spacial score (nSPS) is 12.4. The van der Waals surface area contributed by atoms with Gasteiger partial charge in [0, 0.05) is 16.6 Å². The van der Waals surface area contributed by atoms with Crippen molar-refractivity contribution in [1.82, 2.24) is 5.32 Å². The van der Waals surface area contributed by atoms with E-state index in [2.05, 4.69) is 19.2 Å². The molecule has 0 unspecified atom stereocenters. The quantitative estimate of drug-likeness (QED) is 0.469. The van der Waals surface area contributed by atoms with Gasteiger partial charge in [0.15, 0.2) is 0 Å². The van der Waals surface area contributed by atoms with Crippen LogP contribution in [0.3, 0.4) is 0 Å². The van der Waals surface area contributed by atoms with Gasteiger partial charge in [0.1, 0.15) is 6.54 Å². The Kier molecular flexibility index (Phi) is 9.46. The largest absolute Gasteiger partial charge is 0.354 e. The van der Waals surface area contributed by atoms with Crippen molar-refractivity contribution in [2.24, 2.45) is 5.92 Å². The minimum absolute atomic E-state index is 0.0501. The predicted octanol–water partition coefficient (Wildman–Crippen LogP) is 5.52. The van der Waals surface area contributed by atoms with Gasteiger partial charge in [0.2, 0.25) is 5.91 Å². The molecule has 164 valence electrons. The van der Waals surface area contributed by atoms with Gasteiger partial charge in [0.25, 0.3) is 10.0 Å². The standard InChI is InChI=1S/C22H28Cl2N2O3S/c1-3-5-7-17(4-2)15-25-22(27)16-26(20-9-6-8-19(24)14-20)30(28,29)21-12-10-18(23)11-13-21/h6,8-14,17H,3-5,7,15-16H2,1-2H3,(H,25,27)/t17-/m1/s1. The zero-order valence-electron chi connectivity index (χ0n) is 17.3. The summed E-state index contributed by atoms with van der Waals surface area (Å²) in [6.45, 7) is 4.42. The number of carbonyl (C=O) groups excluding carboxylic acids is 1. The first-order chi connectivity index (χ1) is 14.3. The molecule has 2 aromatic carbocycles. The Labute approximate surface area is 189 Å². The first-order valence-corrected chi connectivity index (χ1v) is 12.3. The van der Waals surface area contributed by atoms with Crippen LogP contribution in [-0.4, -0.2) is 27.4 Å². The summed E-state index contributed by atoms with van der Waals surface area (Å²) in [5, 5.41) is 3.70. The molecule has 2 aromatic rings. The average Bonchev–Trinajstić information content (AvgIpc) is 2.72. The van der Waals surface area contributed by atoms with Gasteiger partial charge >= 0.3 is 0 Å². The fraction of sp³-hybridized carbons (Fsp3) is 0.409. The molecular formula is C22H28Cl2N2O3S. The van der Waals surface area contributed by atoms with Crippen LogP contribution in [0.25, 0.3) is 0 Å². The van der Waals surface area contributed by atoms with Crippen LogP contribution in [-0.2, 0) is 14.8 Å². The number of sulfonamides is 1. The SMILES string of the molecule is CCCC[C@@H](CC)CNC(=O)CN(c1cccc(Cl)c1)S(=O)(=O)c1ccc(Cl)cc1. The van der Waals surface area contributed by atoms with E-state index in [0.717, 1.165) is 30.0 Å². The van der Waals surface area contributed by atoms with E-state index in [1.54, 1.807) is 18.2 Å². The van der Waals surface area contributed by atoms with Crippen LogP contribution in [0, 0.1) is 5.92 Å². The fourth-order valence-corrected chi connectivity index (χ4v) is 4.79. The smallest absolute Gasteiger partial charge is 0.264 e. The maximum absolute atomic E-state index is 13.3. The molecule has 0 radical (unpaired) electrons. The molecule has 0 saturated carbocycles. The third-order valence-corrected chi connectivity index (χ3v) is 7.19. The fourth-order valence-electron chi connectivity index (χ4n) is 3.07. The Morgan fingerprint density at radius 2 is 1.77 bits per heavy atom. The number of anilines is 1. The van der Waals surface area contributed by atoms with Crippen molar-refractivity contribution in [3.8, 4) is 0 Å². The highest BCUT2D eigenvalue weighted by atomic mass is 35.5. The molecule has 0 saturated heterocycles. The number of amides is 1. The Balaban J connectivity index is 2.24. The molecule has 0 aromatic heterocycles. The highest BCUT2D eigenvalue weighted by molar-refractivity contribution is 7.92. The minimum Gasteiger partial charge on any atom is -0.354 e. The second kappa shape index (κ2) is 11.6. The van der Waals surface area contributed by atoms with E-state index in [4.69, 9.17) is 23.2 Å². The first-order valence-electron chi connectivity index (χ1n) is 10.1. The summed E-state index contributed by atoms with van der Waals surface area (Å²) in [5.74, 6) is 0.0175. The summed E-state index contributed by atoms with van der Waals surface area (Å²) in [6.07, 6.45) is 4.20. The molecule has 0 heterocycles. The lowest BCUT2D eigenvalue weighted by atomic mass is 9.99. The summed E-state index contributed by atoms with van der Waals surface area (Å²) in [5.41, 5.74) is 0.325.